The quantitative estimate of drug-likeness (QED) is 0.849. The molecular formula is C18H26N4. The van der Waals surface area contributed by atoms with Gasteiger partial charge in [-0.1, -0.05) is 25.1 Å². The maximum absolute atomic E-state index is 4.72. The fourth-order valence-corrected chi connectivity index (χ4v) is 3.40. The van der Waals surface area contributed by atoms with Crippen molar-refractivity contribution in [1.82, 2.24) is 14.9 Å². The number of likely N-dealkylation sites (tertiary alicyclic amines) is 1. The van der Waals surface area contributed by atoms with E-state index >= 15 is 0 Å². The predicted octanol–water partition coefficient (Wildman–Crippen LogP) is 3.11. The maximum Gasteiger partial charge on any atom is 0.225 e. The molecule has 118 valence electrons. The topological polar surface area (TPSA) is 32.3 Å². The highest BCUT2D eigenvalue weighted by atomic mass is 15.2. The van der Waals surface area contributed by atoms with E-state index in [-0.39, 0.29) is 0 Å². The number of aromatic nitrogens is 2. The van der Waals surface area contributed by atoms with Crippen molar-refractivity contribution < 1.29 is 0 Å². The Kier molecular flexibility index (Phi) is 4.57. The lowest BCUT2D eigenvalue weighted by Gasteiger charge is -2.25. The summed E-state index contributed by atoms with van der Waals surface area (Å²) in [5, 5.41) is 1.14. The first kappa shape index (κ1) is 15.2. The van der Waals surface area contributed by atoms with E-state index in [1.165, 1.54) is 32.5 Å². The highest BCUT2D eigenvalue weighted by Crippen LogP contribution is 2.19. The lowest BCUT2D eigenvalue weighted by molar-refractivity contribution is 0.290. The molecule has 0 spiro atoms. The van der Waals surface area contributed by atoms with Crippen LogP contribution in [0.15, 0.2) is 24.3 Å². The first-order chi connectivity index (χ1) is 10.6. The highest BCUT2D eigenvalue weighted by molar-refractivity contribution is 5.81. The van der Waals surface area contributed by atoms with Crippen LogP contribution in [0.4, 0.5) is 5.95 Å². The molecule has 0 aliphatic carbocycles. The summed E-state index contributed by atoms with van der Waals surface area (Å²) in [4.78, 5) is 14.2. The van der Waals surface area contributed by atoms with E-state index in [9.17, 15) is 0 Å². The molecule has 3 rings (SSSR count). The Morgan fingerprint density at radius 3 is 2.68 bits per heavy atom. The van der Waals surface area contributed by atoms with Crippen LogP contribution in [0, 0.1) is 12.8 Å². The number of aryl methyl sites for hydroxylation is 1. The van der Waals surface area contributed by atoms with Crippen molar-refractivity contribution in [2.45, 2.75) is 26.7 Å². The van der Waals surface area contributed by atoms with Gasteiger partial charge in [-0.2, -0.15) is 0 Å². The van der Waals surface area contributed by atoms with Crippen LogP contribution in [0.2, 0.25) is 0 Å². The highest BCUT2D eigenvalue weighted by Gasteiger charge is 2.17. The molecule has 1 aliphatic rings. The summed E-state index contributed by atoms with van der Waals surface area (Å²) in [6.07, 6.45) is 2.71. The van der Waals surface area contributed by atoms with Crippen LogP contribution in [-0.4, -0.2) is 48.1 Å². The predicted molar refractivity (Wildman–Crippen MR) is 92.4 cm³/mol. The molecule has 2 aromatic rings. The van der Waals surface area contributed by atoms with Crippen LogP contribution in [0.3, 0.4) is 0 Å². The van der Waals surface area contributed by atoms with Crippen LogP contribution in [0.1, 0.15) is 25.5 Å². The number of benzene rings is 1. The fourth-order valence-electron chi connectivity index (χ4n) is 3.40. The number of para-hydroxylation sites is 1. The normalized spacial score (nSPS) is 17.0. The van der Waals surface area contributed by atoms with Crippen LogP contribution in [0.25, 0.3) is 10.9 Å². The average molecular weight is 298 g/mol. The minimum absolute atomic E-state index is 0.624. The van der Waals surface area contributed by atoms with E-state index in [2.05, 4.69) is 47.8 Å². The molecule has 1 aromatic carbocycles. The molecular weight excluding hydrogens is 272 g/mol. The lowest BCUT2D eigenvalue weighted by atomic mass is 10.1. The number of anilines is 1. The van der Waals surface area contributed by atoms with Gasteiger partial charge in [0, 0.05) is 25.5 Å². The average Bonchev–Trinajstić information content (AvgIpc) is 3.00. The molecule has 1 aromatic heterocycles. The Bertz CT molecular complexity index is 634. The molecule has 0 saturated carbocycles. The lowest BCUT2D eigenvalue weighted by Crippen LogP contribution is -2.33. The summed E-state index contributed by atoms with van der Waals surface area (Å²) < 4.78 is 0. The van der Waals surface area contributed by atoms with Crippen molar-refractivity contribution in [1.29, 1.82) is 0 Å². The minimum atomic E-state index is 0.624. The Labute approximate surface area is 133 Å². The van der Waals surface area contributed by atoms with Crippen molar-refractivity contribution in [3.05, 3.63) is 30.0 Å². The van der Waals surface area contributed by atoms with Gasteiger partial charge in [-0.3, -0.25) is 0 Å². The van der Waals surface area contributed by atoms with E-state index in [1.807, 2.05) is 12.1 Å². The van der Waals surface area contributed by atoms with Crippen molar-refractivity contribution in [3.8, 4) is 0 Å². The second kappa shape index (κ2) is 6.61. The summed E-state index contributed by atoms with van der Waals surface area (Å²) in [7, 11) is 2.10. The third-order valence-corrected chi connectivity index (χ3v) is 4.48. The largest absolute Gasteiger partial charge is 0.344 e. The molecule has 1 fully saturated rings. The van der Waals surface area contributed by atoms with Gasteiger partial charge in [0.2, 0.25) is 5.95 Å². The minimum Gasteiger partial charge on any atom is -0.344 e. The van der Waals surface area contributed by atoms with Crippen LogP contribution >= 0.6 is 0 Å². The van der Waals surface area contributed by atoms with Crippen molar-refractivity contribution in [2.75, 3.05) is 38.1 Å². The van der Waals surface area contributed by atoms with Crippen LogP contribution in [-0.2, 0) is 0 Å². The van der Waals surface area contributed by atoms with Gasteiger partial charge in [0.15, 0.2) is 0 Å². The number of hydrogen-bond donors (Lipinski definition) is 0. The number of rotatable bonds is 5. The Morgan fingerprint density at radius 1 is 1.18 bits per heavy atom. The van der Waals surface area contributed by atoms with Crippen molar-refractivity contribution in [3.63, 3.8) is 0 Å². The number of nitrogens with zero attached hydrogens (tertiary/aromatic N) is 4. The Balaban J connectivity index is 1.70. The smallest absolute Gasteiger partial charge is 0.225 e. The van der Waals surface area contributed by atoms with E-state index in [0.717, 1.165) is 29.1 Å². The maximum atomic E-state index is 4.72. The fraction of sp³-hybridized carbons (Fsp3) is 0.556. The molecule has 0 N–H and O–H groups in total. The standard InChI is InChI=1S/C18H26N4/c1-14(13-22-10-6-7-11-22)12-21(3)18-19-15(2)16-8-4-5-9-17(16)20-18/h4-5,8-9,14H,6-7,10-13H2,1-3H3. The van der Waals surface area contributed by atoms with Gasteiger partial charge in [-0.05, 0) is 44.8 Å². The molecule has 2 heterocycles. The van der Waals surface area contributed by atoms with Crippen LogP contribution in [0.5, 0.6) is 0 Å². The summed E-state index contributed by atoms with van der Waals surface area (Å²) in [6, 6.07) is 8.23. The monoisotopic (exact) mass is 298 g/mol. The molecule has 0 bridgehead atoms. The van der Waals surface area contributed by atoms with E-state index in [4.69, 9.17) is 4.98 Å². The second-order valence-electron chi connectivity index (χ2n) is 6.62. The second-order valence-corrected chi connectivity index (χ2v) is 6.62. The van der Waals surface area contributed by atoms with Crippen molar-refractivity contribution in [2.24, 2.45) is 5.92 Å². The number of fused-ring (bicyclic) bond motifs is 1. The van der Waals surface area contributed by atoms with Gasteiger partial charge in [0.1, 0.15) is 0 Å². The van der Waals surface area contributed by atoms with E-state index in [0.29, 0.717) is 5.92 Å². The first-order valence-corrected chi connectivity index (χ1v) is 8.30. The number of hydrogen-bond acceptors (Lipinski definition) is 4. The van der Waals surface area contributed by atoms with Gasteiger partial charge >= 0.3 is 0 Å². The molecule has 1 saturated heterocycles. The Morgan fingerprint density at radius 2 is 1.91 bits per heavy atom. The molecule has 22 heavy (non-hydrogen) atoms. The van der Waals surface area contributed by atoms with Gasteiger partial charge in [-0.25, -0.2) is 9.97 Å². The molecule has 0 radical (unpaired) electrons. The molecule has 1 atom stereocenters. The van der Waals surface area contributed by atoms with E-state index in [1.54, 1.807) is 0 Å². The zero-order valence-corrected chi connectivity index (χ0v) is 13.9. The third kappa shape index (κ3) is 3.38. The molecule has 1 aliphatic heterocycles. The third-order valence-electron chi connectivity index (χ3n) is 4.48. The molecule has 4 heteroatoms. The summed E-state index contributed by atoms with van der Waals surface area (Å²) in [5.41, 5.74) is 2.09. The zero-order chi connectivity index (χ0) is 15.5. The Hall–Kier alpha value is -1.68. The van der Waals surface area contributed by atoms with Gasteiger partial charge in [0.25, 0.3) is 0 Å². The SMILES string of the molecule is Cc1nc(N(C)CC(C)CN2CCCC2)nc2ccccc12. The molecule has 4 nitrogen and oxygen atoms in total. The van der Waals surface area contributed by atoms with Gasteiger partial charge in [-0.15, -0.1) is 0 Å². The van der Waals surface area contributed by atoms with E-state index < -0.39 is 0 Å². The van der Waals surface area contributed by atoms with Crippen LogP contribution < -0.4 is 4.90 Å². The van der Waals surface area contributed by atoms with Gasteiger partial charge < -0.3 is 9.80 Å². The summed E-state index contributed by atoms with van der Waals surface area (Å²) in [5.74, 6) is 1.46. The van der Waals surface area contributed by atoms with Crippen molar-refractivity contribution >= 4 is 16.9 Å². The summed E-state index contributed by atoms with van der Waals surface area (Å²) >= 11 is 0. The summed E-state index contributed by atoms with van der Waals surface area (Å²) in [6.45, 7) is 9.09. The first-order valence-electron chi connectivity index (χ1n) is 8.30. The molecule has 1 unspecified atom stereocenters. The molecule has 0 amide bonds. The zero-order valence-electron chi connectivity index (χ0n) is 13.9. The van der Waals surface area contributed by atoms with Gasteiger partial charge in [0.05, 0.1) is 11.2 Å².